The number of carbonyl (C=O) groups excluding carboxylic acids is 2. The molecule has 9 nitrogen and oxygen atoms in total. The number of aromatic nitrogens is 3. The van der Waals surface area contributed by atoms with Gasteiger partial charge >= 0.3 is 0 Å². The number of nitrogens with one attached hydrogen (secondary N) is 1. The number of H-pyrrole nitrogens is 1. The van der Waals surface area contributed by atoms with Crippen LogP contribution in [-0.4, -0.2) is 70.5 Å². The van der Waals surface area contributed by atoms with E-state index in [0.717, 1.165) is 37.7 Å². The van der Waals surface area contributed by atoms with Gasteiger partial charge in [0.15, 0.2) is 15.6 Å². The average molecular weight is 439 g/mol. The van der Waals surface area contributed by atoms with Crippen molar-refractivity contribution >= 4 is 33.3 Å². The topological polar surface area (TPSA) is 126 Å². The molecule has 2 aromatic rings. The van der Waals surface area contributed by atoms with Gasteiger partial charge in [-0.1, -0.05) is 11.8 Å². The number of Topliss-reactive ketones (excluding diaryl/α,β-unsaturated/α-hetero) is 1. The molecule has 0 spiro atoms. The molecule has 1 N–H and O–H groups in total. The van der Waals surface area contributed by atoms with Crippen molar-refractivity contribution < 1.29 is 22.4 Å². The number of hydrogen-bond acceptors (Lipinski definition) is 8. The smallest absolute Gasteiger partial charge is 0.277 e. The summed E-state index contributed by atoms with van der Waals surface area (Å²) in [6, 6.07) is 1.59. The molecule has 0 saturated carbocycles. The van der Waals surface area contributed by atoms with Crippen molar-refractivity contribution in [2.45, 2.75) is 30.9 Å². The fourth-order valence-corrected chi connectivity index (χ4v) is 6.18. The van der Waals surface area contributed by atoms with Gasteiger partial charge in [0, 0.05) is 31.3 Å². The molecule has 2 saturated heterocycles. The van der Waals surface area contributed by atoms with Crippen LogP contribution < -0.4 is 0 Å². The van der Waals surface area contributed by atoms with E-state index < -0.39 is 9.84 Å². The summed E-state index contributed by atoms with van der Waals surface area (Å²) in [5.74, 6) is 0.643. The van der Waals surface area contributed by atoms with Gasteiger partial charge in [0.2, 0.25) is 5.89 Å². The van der Waals surface area contributed by atoms with E-state index in [1.165, 1.54) is 0 Å². The van der Waals surface area contributed by atoms with Crippen molar-refractivity contribution in [2.24, 2.45) is 5.92 Å². The molecule has 4 rings (SSSR count). The molecule has 1 atom stereocenters. The number of likely N-dealkylation sites (tertiary alicyclic amines) is 1. The van der Waals surface area contributed by atoms with Crippen LogP contribution in [0.5, 0.6) is 0 Å². The lowest BCUT2D eigenvalue weighted by atomic mass is 10.1. The van der Waals surface area contributed by atoms with Crippen molar-refractivity contribution in [2.75, 3.05) is 30.3 Å². The van der Waals surface area contributed by atoms with Gasteiger partial charge in [-0.3, -0.25) is 9.59 Å². The Morgan fingerprint density at radius 1 is 1.28 bits per heavy atom. The zero-order valence-corrected chi connectivity index (χ0v) is 17.4. The van der Waals surface area contributed by atoms with Crippen LogP contribution >= 0.6 is 11.8 Å². The minimum atomic E-state index is -2.94. The van der Waals surface area contributed by atoms with Crippen molar-refractivity contribution in [3.8, 4) is 0 Å². The normalized spacial score (nSPS) is 21.0. The number of thioether (sulfide) groups is 1. The molecule has 2 aliphatic rings. The summed E-state index contributed by atoms with van der Waals surface area (Å²) in [7, 11) is -2.94. The molecule has 1 amide bonds. The number of carbonyl (C=O) groups is 2. The summed E-state index contributed by atoms with van der Waals surface area (Å²) in [4.78, 5) is 29.4. The summed E-state index contributed by atoms with van der Waals surface area (Å²) < 4.78 is 28.6. The summed E-state index contributed by atoms with van der Waals surface area (Å²) in [5.41, 5.74) is 0.864. The highest BCUT2D eigenvalue weighted by Gasteiger charge is 2.29. The molecule has 156 valence electrons. The van der Waals surface area contributed by atoms with Gasteiger partial charge in [-0.05, 0) is 31.2 Å². The first-order chi connectivity index (χ1) is 13.9. The maximum absolute atomic E-state index is 12.4. The number of hydrogen-bond donors (Lipinski definition) is 1. The molecule has 0 radical (unpaired) electrons. The zero-order valence-electron chi connectivity index (χ0n) is 15.8. The first-order valence-electron chi connectivity index (χ1n) is 9.56. The van der Waals surface area contributed by atoms with Crippen LogP contribution in [0.25, 0.3) is 0 Å². The van der Waals surface area contributed by atoms with Gasteiger partial charge in [-0.15, -0.1) is 10.2 Å². The fraction of sp³-hybridized carbons (Fsp3) is 0.556. The van der Waals surface area contributed by atoms with Crippen LogP contribution in [-0.2, 0) is 16.3 Å². The van der Waals surface area contributed by atoms with Crippen LogP contribution in [0, 0.1) is 5.92 Å². The fourth-order valence-electron chi connectivity index (χ4n) is 3.64. The molecule has 0 unspecified atom stereocenters. The number of amides is 1. The van der Waals surface area contributed by atoms with Crippen molar-refractivity contribution in [1.29, 1.82) is 0 Å². The van der Waals surface area contributed by atoms with E-state index in [2.05, 4.69) is 15.2 Å². The Bertz CT molecular complexity index is 1010. The number of sulfone groups is 1. The molecule has 2 aromatic heterocycles. The Morgan fingerprint density at radius 3 is 2.79 bits per heavy atom. The summed E-state index contributed by atoms with van der Waals surface area (Å²) in [6.07, 6.45) is 4.61. The third-order valence-corrected chi connectivity index (χ3v) is 7.85. The number of aromatic amines is 1. The van der Waals surface area contributed by atoms with Crippen LogP contribution in [0.2, 0.25) is 0 Å². The lowest BCUT2D eigenvalue weighted by Crippen LogP contribution is -2.27. The van der Waals surface area contributed by atoms with E-state index in [-0.39, 0.29) is 40.1 Å². The second-order valence-corrected chi connectivity index (χ2v) is 10.6. The predicted octanol–water partition coefficient (Wildman–Crippen LogP) is 1.59. The van der Waals surface area contributed by atoms with Gasteiger partial charge in [-0.2, -0.15) is 0 Å². The van der Waals surface area contributed by atoms with Gasteiger partial charge in [-0.25, -0.2) is 8.42 Å². The summed E-state index contributed by atoms with van der Waals surface area (Å²) >= 11 is 1.13. The van der Waals surface area contributed by atoms with E-state index in [1.54, 1.807) is 17.2 Å². The minimum Gasteiger partial charge on any atom is -0.416 e. The highest BCUT2D eigenvalue weighted by atomic mass is 32.2. The monoisotopic (exact) mass is 438 g/mol. The molecule has 0 aromatic carbocycles. The Kier molecular flexibility index (Phi) is 5.77. The summed E-state index contributed by atoms with van der Waals surface area (Å²) in [6.45, 7) is 1.51. The minimum absolute atomic E-state index is 0.00588. The van der Waals surface area contributed by atoms with E-state index in [0.29, 0.717) is 30.0 Å². The predicted molar refractivity (Wildman–Crippen MR) is 106 cm³/mol. The Hall–Kier alpha value is -2.14. The van der Waals surface area contributed by atoms with Crippen LogP contribution in [0.4, 0.5) is 0 Å². The highest BCUT2D eigenvalue weighted by Crippen LogP contribution is 2.24. The van der Waals surface area contributed by atoms with Gasteiger partial charge in [0.25, 0.3) is 11.1 Å². The Balaban J connectivity index is 1.29. The lowest BCUT2D eigenvalue weighted by molar-refractivity contribution is 0.0787. The molecular weight excluding hydrogens is 416 g/mol. The van der Waals surface area contributed by atoms with E-state index >= 15 is 0 Å². The Labute approximate surface area is 172 Å². The Morgan fingerprint density at radius 2 is 2.07 bits per heavy atom. The highest BCUT2D eigenvalue weighted by molar-refractivity contribution is 7.99. The maximum Gasteiger partial charge on any atom is 0.277 e. The molecule has 11 heteroatoms. The van der Waals surface area contributed by atoms with E-state index in [9.17, 15) is 18.0 Å². The SMILES string of the molecule is O=C(CSc1nnc(C[C@H]2CCS(=O)(=O)C2)o1)c1c[nH]c(C(=O)N2CCCC2)c1. The summed E-state index contributed by atoms with van der Waals surface area (Å²) in [5, 5.41) is 8.15. The molecule has 4 heterocycles. The third-order valence-electron chi connectivity index (χ3n) is 5.19. The maximum atomic E-state index is 12.4. The van der Waals surface area contributed by atoms with Crippen LogP contribution in [0.1, 0.15) is 46.0 Å². The molecule has 0 bridgehead atoms. The van der Waals surface area contributed by atoms with E-state index in [4.69, 9.17) is 4.42 Å². The average Bonchev–Trinajstić information content (AvgIpc) is 3.47. The van der Waals surface area contributed by atoms with Crippen molar-refractivity contribution in [3.05, 3.63) is 29.4 Å². The molecular formula is C18H22N4O5S2. The molecule has 2 aliphatic heterocycles. The van der Waals surface area contributed by atoms with Crippen molar-refractivity contribution in [1.82, 2.24) is 20.1 Å². The van der Waals surface area contributed by atoms with Gasteiger partial charge < -0.3 is 14.3 Å². The lowest BCUT2D eigenvalue weighted by Gasteiger charge is -2.13. The van der Waals surface area contributed by atoms with E-state index in [1.807, 2.05) is 0 Å². The van der Waals surface area contributed by atoms with Gasteiger partial charge in [0.05, 0.1) is 17.3 Å². The zero-order chi connectivity index (χ0) is 20.4. The van der Waals surface area contributed by atoms with Crippen molar-refractivity contribution in [3.63, 3.8) is 0 Å². The van der Waals surface area contributed by atoms with Crippen LogP contribution in [0.3, 0.4) is 0 Å². The largest absolute Gasteiger partial charge is 0.416 e. The molecule has 2 fully saturated rings. The second kappa shape index (κ2) is 8.31. The van der Waals surface area contributed by atoms with Crippen LogP contribution in [0.15, 0.2) is 21.9 Å². The third kappa shape index (κ3) is 4.89. The molecule has 0 aliphatic carbocycles. The number of ketones is 1. The first kappa shape index (κ1) is 20.1. The quantitative estimate of drug-likeness (QED) is 0.510. The number of rotatable bonds is 7. The van der Waals surface area contributed by atoms with Gasteiger partial charge in [0.1, 0.15) is 5.69 Å². The standard InChI is InChI=1S/C18H22N4O5S2/c23-15(13-8-14(19-9-13)17(24)22-4-1-2-5-22)10-28-18-21-20-16(27-18)7-12-3-6-29(25,26)11-12/h8-9,12,19H,1-7,10-11H2/t12-/m1/s1. The number of nitrogens with zero attached hydrogens (tertiary/aromatic N) is 3. The first-order valence-corrected chi connectivity index (χ1v) is 12.4. The molecule has 29 heavy (non-hydrogen) atoms. The second-order valence-electron chi connectivity index (χ2n) is 7.45.